The number of benzene rings is 3. The molecule has 0 radical (unpaired) electrons. The zero-order valence-corrected chi connectivity index (χ0v) is 14.5. The maximum atomic E-state index is 12.6. The summed E-state index contributed by atoms with van der Waals surface area (Å²) in [6, 6.07) is 18.2. The summed E-state index contributed by atoms with van der Waals surface area (Å²) < 4.78 is 5.76. The first-order chi connectivity index (χ1) is 12.1. The highest BCUT2D eigenvalue weighted by molar-refractivity contribution is 6.06. The predicted molar refractivity (Wildman–Crippen MR) is 101 cm³/mol. The molecule has 126 valence electrons. The van der Waals surface area contributed by atoms with E-state index in [1.165, 1.54) is 16.5 Å². The molecule has 3 heteroatoms. The average Bonchev–Trinajstić information content (AvgIpc) is 3.04. The largest absolute Gasteiger partial charge is 0.481 e. The Bertz CT molecular complexity index is 934. The van der Waals surface area contributed by atoms with Gasteiger partial charge in [-0.2, -0.15) is 0 Å². The molecule has 1 amide bonds. The van der Waals surface area contributed by atoms with Crippen LogP contribution in [-0.4, -0.2) is 12.0 Å². The van der Waals surface area contributed by atoms with Crippen LogP contribution >= 0.6 is 0 Å². The van der Waals surface area contributed by atoms with Gasteiger partial charge in [-0.1, -0.05) is 42.0 Å². The van der Waals surface area contributed by atoms with E-state index in [2.05, 4.69) is 29.6 Å². The van der Waals surface area contributed by atoms with Gasteiger partial charge in [0.15, 0.2) is 6.10 Å². The number of ether oxygens (including phenoxy) is 1. The molecule has 0 saturated carbocycles. The monoisotopic (exact) mass is 331 g/mol. The number of nitrogens with one attached hydrogen (secondary N) is 1. The molecule has 0 aliphatic heterocycles. The Morgan fingerprint density at radius 2 is 1.72 bits per heavy atom. The van der Waals surface area contributed by atoms with Gasteiger partial charge in [0.25, 0.3) is 5.91 Å². The van der Waals surface area contributed by atoms with Crippen molar-refractivity contribution < 1.29 is 9.53 Å². The summed E-state index contributed by atoms with van der Waals surface area (Å²) in [6.45, 7) is 3.80. The molecule has 0 fully saturated rings. The number of hydrogen-bond acceptors (Lipinski definition) is 2. The lowest BCUT2D eigenvalue weighted by Crippen LogP contribution is -2.30. The molecular formula is C22H21NO2. The van der Waals surface area contributed by atoms with Crippen molar-refractivity contribution in [3.63, 3.8) is 0 Å². The Morgan fingerprint density at radius 1 is 1.00 bits per heavy atom. The van der Waals surface area contributed by atoms with Crippen LogP contribution in [0.4, 0.5) is 5.69 Å². The topological polar surface area (TPSA) is 38.3 Å². The van der Waals surface area contributed by atoms with Crippen LogP contribution < -0.4 is 10.1 Å². The SMILES string of the molecule is Cc1ccc(OC(C)C(=O)Nc2ccc3c4c(cccc24)CC3)cc1. The van der Waals surface area contributed by atoms with E-state index in [1.807, 2.05) is 37.3 Å². The highest BCUT2D eigenvalue weighted by Crippen LogP contribution is 2.35. The number of carbonyl (C=O) groups is 1. The summed E-state index contributed by atoms with van der Waals surface area (Å²) in [4.78, 5) is 12.6. The zero-order valence-electron chi connectivity index (χ0n) is 14.5. The third-order valence-electron chi connectivity index (χ3n) is 4.84. The second-order valence-corrected chi connectivity index (χ2v) is 6.67. The molecule has 0 spiro atoms. The second kappa shape index (κ2) is 6.25. The first-order valence-electron chi connectivity index (χ1n) is 8.69. The van der Waals surface area contributed by atoms with Crippen LogP contribution in [0, 0.1) is 6.92 Å². The van der Waals surface area contributed by atoms with Crippen molar-refractivity contribution in [2.75, 3.05) is 5.32 Å². The van der Waals surface area contributed by atoms with Gasteiger partial charge in [-0.15, -0.1) is 0 Å². The van der Waals surface area contributed by atoms with Crippen molar-refractivity contribution in [3.05, 3.63) is 71.3 Å². The zero-order chi connectivity index (χ0) is 17.4. The van der Waals surface area contributed by atoms with E-state index in [4.69, 9.17) is 4.74 Å². The van der Waals surface area contributed by atoms with Crippen molar-refractivity contribution in [1.29, 1.82) is 0 Å². The molecule has 0 aromatic heterocycles. The molecule has 1 aliphatic carbocycles. The number of carbonyl (C=O) groups excluding carboxylic acids is 1. The van der Waals surface area contributed by atoms with E-state index in [9.17, 15) is 4.79 Å². The minimum absolute atomic E-state index is 0.140. The van der Waals surface area contributed by atoms with Gasteiger partial charge in [0.1, 0.15) is 5.75 Å². The molecular weight excluding hydrogens is 310 g/mol. The molecule has 1 unspecified atom stereocenters. The molecule has 1 atom stereocenters. The molecule has 0 saturated heterocycles. The normalized spacial score (nSPS) is 13.7. The fourth-order valence-corrected chi connectivity index (χ4v) is 3.46. The summed E-state index contributed by atoms with van der Waals surface area (Å²) in [6.07, 6.45) is 1.60. The summed E-state index contributed by atoms with van der Waals surface area (Å²) in [7, 11) is 0. The lowest BCUT2D eigenvalue weighted by Gasteiger charge is -2.16. The highest BCUT2D eigenvalue weighted by Gasteiger charge is 2.19. The van der Waals surface area contributed by atoms with Crippen molar-refractivity contribution in [1.82, 2.24) is 0 Å². The van der Waals surface area contributed by atoms with E-state index in [0.29, 0.717) is 5.75 Å². The standard InChI is InChI=1S/C22H21NO2/c1-14-6-11-18(12-7-14)25-15(2)22(24)23-20-13-10-17-9-8-16-4-3-5-19(20)21(16)17/h3-7,10-13,15H,8-9H2,1-2H3,(H,23,24). The minimum Gasteiger partial charge on any atom is -0.481 e. The summed E-state index contributed by atoms with van der Waals surface area (Å²) in [5.74, 6) is 0.563. The Kier molecular flexibility index (Phi) is 3.92. The molecule has 1 aliphatic rings. The van der Waals surface area contributed by atoms with Gasteiger partial charge in [-0.05, 0) is 61.4 Å². The Hall–Kier alpha value is -2.81. The van der Waals surface area contributed by atoms with Crippen molar-refractivity contribution in [3.8, 4) is 5.75 Å². The van der Waals surface area contributed by atoms with Gasteiger partial charge in [-0.3, -0.25) is 4.79 Å². The molecule has 4 rings (SSSR count). The maximum absolute atomic E-state index is 12.6. The molecule has 25 heavy (non-hydrogen) atoms. The van der Waals surface area contributed by atoms with Gasteiger partial charge in [0.05, 0.1) is 0 Å². The number of anilines is 1. The van der Waals surface area contributed by atoms with Crippen LogP contribution in [0.5, 0.6) is 5.75 Å². The van der Waals surface area contributed by atoms with Crippen LogP contribution in [0.25, 0.3) is 10.8 Å². The van der Waals surface area contributed by atoms with E-state index >= 15 is 0 Å². The summed E-state index contributed by atoms with van der Waals surface area (Å²) in [5.41, 5.74) is 4.75. The molecule has 1 N–H and O–H groups in total. The van der Waals surface area contributed by atoms with E-state index in [1.54, 1.807) is 6.92 Å². The van der Waals surface area contributed by atoms with Crippen LogP contribution in [0.3, 0.4) is 0 Å². The number of aryl methyl sites for hydroxylation is 3. The fourth-order valence-electron chi connectivity index (χ4n) is 3.46. The summed E-state index contributed by atoms with van der Waals surface area (Å²) in [5, 5.41) is 5.45. The van der Waals surface area contributed by atoms with Gasteiger partial charge in [-0.25, -0.2) is 0 Å². The average molecular weight is 331 g/mol. The fraction of sp³-hybridized carbons (Fsp3) is 0.227. The smallest absolute Gasteiger partial charge is 0.265 e. The quantitative estimate of drug-likeness (QED) is 0.755. The van der Waals surface area contributed by atoms with Crippen molar-refractivity contribution >= 4 is 22.4 Å². The number of hydrogen-bond donors (Lipinski definition) is 1. The molecule has 3 aromatic rings. The highest BCUT2D eigenvalue weighted by atomic mass is 16.5. The van der Waals surface area contributed by atoms with Crippen molar-refractivity contribution in [2.45, 2.75) is 32.8 Å². The molecule has 0 bridgehead atoms. The third-order valence-corrected chi connectivity index (χ3v) is 4.84. The first-order valence-corrected chi connectivity index (χ1v) is 8.69. The first kappa shape index (κ1) is 15.7. The van der Waals surface area contributed by atoms with Crippen LogP contribution in [0.1, 0.15) is 23.6 Å². The number of rotatable bonds is 4. The van der Waals surface area contributed by atoms with E-state index in [-0.39, 0.29) is 5.91 Å². The van der Waals surface area contributed by atoms with Crippen LogP contribution in [0.2, 0.25) is 0 Å². The number of amides is 1. The lowest BCUT2D eigenvalue weighted by atomic mass is 10.0. The minimum atomic E-state index is -0.564. The van der Waals surface area contributed by atoms with Gasteiger partial charge < -0.3 is 10.1 Å². The maximum Gasteiger partial charge on any atom is 0.265 e. The molecule has 0 heterocycles. The molecule has 3 nitrogen and oxygen atoms in total. The second-order valence-electron chi connectivity index (χ2n) is 6.67. The Morgan fingerprint density at radius 3 is 2.48 bits per heavy atom. The van der Waals surface area contributed by atoms with Gasteiger partial charge in [0, 0.05) is 11.1 Å². The summed E-state index contributed by atoms with van der Waals surface area (Å²) >= 11 is 0. The van der Waals surface area contributed by atoms with E-state index in [0.717, 1.165) is 29.5 Å². The predicted octanol–water partition coefficient (Wildman–Crippen LogP) is 4.65. The van der Waals surface area contributed by atoms with E-state index < -0.39 is 6.10 Å². The Labute approximate surface area is 147 Å². The lowest BCUT2D eigenvalue weighted by molar-refractivity contribution is -0.122. The van der Waals surface area contributed by atoms with Gasteiger partial charge >= 0.3 is 0 Å². The van der Waals surface area contributed by atoms with Gasteiger partial charge in [0.2, 0.25) is 0 Å². The van der Waals surface area contributed by atoms with Crippen LogP contribution in [-0.2, 0) is 17.6 Å². The van der Waals surface area contributed by atoms with Crippen LogP contribution in [0.15, 0.2) is 54.6 Å². The molecule has 3 aromatic carbocycles. The van der Waals surface area contributed by atoms with Crippen molar-refractivity contribution in [2.24, 2.45) is 0 Å². The Balaban J connectivity index is 1.55. The third kappa shape index (κ3) is 2.98.